The number of hydrogen-bond donors (Lipinski definition) is 0. The Morgan fingerprint density at radius 3 is 1.00 bits per heavy atom. The summed E-state index contributed by atoms with van der Waals surface area (Å²) in [6, 6.07) is 4.52. The molecule has 2 heterocycles. The van der Waals surface area contributed by atoms with E-state index in [4.69, 9.17) is 0 Å². The third-order valence-corrected chi connectivity index (χ3v) is 5.08. The Labute approximate surface area is 168 Å². The third-order valence-electron chi connectivity index (χ3n) is 4.24. The minimum Gasteiger partial charge on any atom is -0.266 e. The normalized spacial score (nSPS) is 16.6. The molecule has 0 unspecified atom stereocenters. The molecule has 0 radical (unpaired) electrons. The summed E-state index contributed by atoms with van der Waals surface area (Å²) in [5, 5.41) is 0.0173. The van der Waals surface area contributed by atoms with Crippen LogP contribution >= 0.6 is 0 Å². The predicted molar refractivity (Wildman–Crippen MR) is 96.8 cm³/mol. The number of imide groups is 2. The van der Waals surface area contributed by atoms with Crippen LogP contribution in [0, 0.1) is 0 Å². The monoisotopic (exact) mass is 454 g/mol. The number of benzene rings is 2. The van der Waals surface area contributed by atoms with Crippen LogP contribution in [0.3, 0.4) is 0 Å². The number of carbonyl (C=O) groups excluding carboxylic acids is 4. The Morgan fingerprint density at radius 2 is 0.800 bits per heavy atom. The van der Waals surface area contributed by atoms with Crippen LogP contribution in [0.4, 0.5) is 0 Å². The summed E-state index contributed by atoms with van der Waals surface area (Å²) in [5.74, 6) is -4.46. The van der Waals surface area contributed by atoms with E-state index in [-0.39, 0.29) is 43.2 Å². The topological polar surface area (TPSA) is 161 Å². The Balaban J connectivity index is 1.97. The van der Waals surface area contributed by atoms with E-state index >= 15 is 0 Å². The van der Waals surface area contributed by atoms with Gasteiger partial charge in [-0.3, -0.25) is 19.2 Å². The summed E-state index contributed by atoms with van der Waals surface area (Å²) in [6.45, 7) is 0. The van der Waals surface area contributed by atoms with E-state index in [0.29, 0.717) is 12.5 Å². The van der Waals surface area contributed by atoms with Crippen LogP contribution in [-0.4, -0.2) is 63.1 Å². The van der Waals surface area contributed by atoms with Gasteiger partial charge in [0.1, 0.15) is 0 Å². The summed E-state index contributed by atoms with van der Waals surface area (Å²) in [6.07, 6.45) is 1.30. The molecule has 14 heteroatoms. The van der Waals surface area contributed by atoms with Crippen LogP contribution in [0.1, 0.15) is 41.4 Å². The maximum Gasteiger partial charge on any atom is 0.286 e. The minimum atomic E-state index is -4.22. The smallest absolute Gasteiger partial charge is 0.266 e. The highest BCUT2D eigenvalue weighted by molar-refractivity contribution is 7.86. The molecule has 12 nitrogen and oxygen atoms in total. The summed E-state index contributed by atoms with van der Waals surface area (Å²) in [4.78, 5) is 50.7. The summed E-state index contributed by atoms with van der Waals surface area (Å²) in [7, 11) is -8.43. The van der Waals surface area contributed by atoms with Crippen LogP contribution in [0.5, 0.6) is 0 Å². The molecule has 0 aliphatic carbocycles. The lowest BCUT2D eigenvalue weighted by Crippen LogP contribution is -2.44. The van der Waals surface area contributed by atoms with Crippen molar-refractivity contribution >= 4 is 54.6 Å². The molecule has 0 spiro atoms. The fraction of sp³-hybridized carbons (Fsp3) is 0.125. The van der Waals surface area contributed by atoms with Crippen molar-refractivity contribution in [3.8, 4) is 0 Å². The second-order valence-electron chi connectivity index (χ2n) is 6.44. The van der Waals surface area contributed by atoms with Crippen molar-refractivity contribution in [1.29, 1.82) is 0 Å². The molecule has 4 amide bonds. The standard InChI is InChI=1S/C16H10N2O10S2/c1-29(23,24)27-17-13(19)7-3-5-9-12-10(6-4-8(11(7)12)14(17)20)16(22)18(15(9)21)28-30(2,25)26/h3-6H,1-2H3. The van der Waals surface area contributed by atoms with Crippen LogP contribution in [0.25, 0.3) is 10.8 Å². The number of hydrogen-bond acceptors (Lipinski definition) is 10. The number of amides is 4. The number of rotatable bonds is 4. The Bertz CT molecular complexity index is 1250. The second-order valence-corrected chi connectivity index (χ2v) is 9.55. The van der Waals surface area contributed by atoms with E-state index in [9.17, 15) is 36.0 Å². The zero-order valence-electron chi connectivity index (χ0n) is 15.1. The fourth-order valence-corrected chi connectivity index (χ4v) is 4.05. The van der Waals surface area contributed by atoms with E-state index in [0.717, 1.165) is 24.3 Å². The van der Waals surface area contributed by atoms with Gasteiger partial charge in [0.2, 0.25) is 0 Å². The molecule has 2 aromatic carbocycles. The highest BCUT2D eigenvalue weighted by atomic mass is 32.2. The molecule has 0 saturated heterocycles. The molecule has 2 aliphatic rings. The SMILES string of the molecule is CS(=O)(=O)ON1C(=O)c2ccc3c4c(ccc(c24)C1=O)C(=O)N(OS(C)(=O)=O)C3=O. The lowest BCUT2D eigenvalue weighted by molar-refractivity contribution is -0.0160. The molecule has 0 aromatic heterocycles. The summed E-state index contributed by atoms with van der Waals surface area (Å²) >= 11 is 0. The third kappa shape index (κ3) is 2.97. The molecule has 2 aromatic rings. The first-order valence-corrected chi connectivity index (χ1v) is 11.6. The zero-order valence-corrected chi connectivity index (χ0v) is 16.7. The lowest BCUT2D eigenvalue weighted by atomic mass is 9.87. The molecular weight excluding hydrogens is 444 g/mol. The van der Waals surface area contributed by atoms with Crippen molar-refractivity contribution in [1.82, 2.24) is 10.1 Å². The van der Waals surface area contributed by atoms with Crippen LogP contribution in [0.2, 0.25) is 0 Å². The van der Waals surface area contributed by atoms with Gasteiger partial charge in [-0.2, -0.15) is 16.8 Å². The van der Waals surface area contributed by atoms with E-state index in [1.165, 1.54) is 0 Å². The van der Waals surface area contributed by atoms with E-state index in [1.54, 1.807) is 0 Å². The van der Waals surface area contributed by atoms with Crippen molar-refractivity contribution in [2.75, 3.05) is 12.5 Å². The van der Waals surface area contributed by atoms with Gasteiger partial charge in [-0.15, -0.1) is 18.7 Å². The summed E-state index contributed by atoms with van der Waals surface area (Å²) < 4.78 is 54.6. The van der Waals surface area contributed by atoms with Crippen LogP contribution in [0.15, 0.2) is 24.3 Å². The van der Waals surface area contributed by atoms with Gasteiger partial charge in [0, 0.05) is 10.8 Å². The molecule has 4 rings (SSSR count). The van der Waals surface area contributed by atoms with Gasteiger partial charge in [-0.05, 0) is 24.3 Å². The molecule has 156 valence electrons. The van der Waals surface area contributed by atoms with Crippen molar-refractivity contribution in [3.05, 3.63) is 46.5 Å². The van der Waals surface area contributed by atoms with E-state index < -0.39 is 43.9 Å². The van der Waals surface area contributed by atoms with Gasteiger partial charge in [0.15, 0.2) is 0 Å². The van der Waals surface area contributed by atoms with Gasteiger partial charge in [-0.25, -0.2) is 0 Å². The number of hydroxylamine groups is 4. The van der Waals surface area contributed by atoms with Gasteiger partial charge in [0.25, 0.3) is 43.9 Å². The van der Waals surface area contributed by atoms with Gasteiger partial charge < -0.3 is 0 Å². The first-order chi connectivity index (χ1) is 13.8. The maximum atomic E-state index is 12.7. The first kappa shape index (κ1) is 20.1. The Hall–Kier alpha value is -3.20. The molecule has 30 heavy (non-hydrogen) atoms. The van der Waals surface area contributed by atoms with Crippen molar-refractivity contribution < 1.29 is 44.6 Å². The van der Waals surface area contributed by atoms with Crippen LogP contribution in [-0.2, 0) is 28.8 Å². The highest BCUT2D eigenvalue weighted by Gasteiger charge is 2.42. The zero-order chi connectivity index (χ0) is 22.2. The first-order valence-electron chi connectivity index (χ1n) is 7.96. The minimum absolute atomic E-state index is 0.0611. The molecule has 2 aliphatic heterocycles. The molecule has 0 fully saturated rings. The predicted octanol–water partition coefficient (Wildman–Crippen LogP) is -0.186. The fourth-order valence-electron chi connectivity index (χ4n) is 3.24. The Morgan fingerprint density at radius 1 is 0.567 bits per heavy atom. The lowest BCUT2D eigenvalue weighted by Gasteiger charge is -2.29. The molecular formula is C16H10N2O10S2. The molecule has 0 atom stereocenters. The number of nitrogens with zero attached hydrogens (tertiary/aromatic N) is 2. The van der Waals surface area contributed by atoms with Crippen molar-refractivity contribution in [2.45, 2.75) is 0 Å². The second kappa shape index (κ2) is 6.15. The molecule has 0 saturated carbocycles. The van der Waals surface area contributed by atoms with Crippen LogP contribution < -0.4 is 0 Å². The highest BCUT2D eigenvalue weighted by Crippen LogP contribution is 2.38. The largest absolute Gasteiger partial charge is 0.286 e. The molecule has 0 bridgehead atoms. The summed E-state index contributed by atoms with van der Waals surface area (Å²) in [5.41, 5.74) is -0.752. The Kier molecular flexibility index (Phi) is 4.12. The van der Waals surface area contributed by atoms with Gasteiger partial charge in [0.05, 0.1) is 34.8 Å². The average Bonchev–Trinajstić information content (AvgIpc) is 2.63. The van der Waals surface area contributed by atoms with E-state index in [2.05, 4.69) is 8.57 Å². The average molecular weight is 454 g/mol. The maximum absolute atomic E-state index is 12.7. The van der Waals surface area contributed by atoms with Crippen molar-refractivity contribution in [3.63, 3.8) is 0 Å². The van der Waals surface area contributed by atoms with E-state index in [1.807, 2.05) is 0 Å². The number of carbonyl (C=O) groups is 4. The van der Waals surface area contributed by atoms with Crippen molar-refractivity contribution in [2.24, 2.45) is 0 Å². The molecule has 0 N–H and O–H groups in total. The van der Waals surface area contributed by atoms with Gasteiger partial charge in [-0.1, -0.05) is 0 Å². The van der Waals surface area contributed by atoms with Gasteiger partial charge >= 0.3 is 0 Å². The quantitative estimate of drug-likeness (QED) is 0.566.